The summed E-state index contributed by atoms with van der Waals surface area (Å²) >= 11 is 6.24. The first-order valence-corrected chi connectivity index (χ1v) is 11.7. The van der Waals surface area contributed by atoms with Gasteiger partial charge in [0.1, 0.15) is 12.3 Å². The van der Waals surface area contributed by atoms with Gasteiger partial charge in [0.15, 0.2) is 0 Å². The number of anilines is 2. The van der Waals surface area contributed by atoms with E-state index in [1.165, 1.54) is 25.3 Å². The molecule has 0 aliphatic rings. The Labute approximate surface area is 193 Å². The van der Waals surface area contributed by atoms with Crippen LogP contribution in [0.25, 0.3) is 0 Å². The summed E-state index contributed by atoms with van der Waals surface area (Å²) in [7, 11) is -2.57. The monoisotopic (exact) mass is 472 g/mol. The van der Waals surface area contributed by atoms with E-state index in [2.05, 4.69) is 5.32 Å². The van der Waals surface area contributed by atoms with Crippen LogP contribution in [0.3, 0.4) is 0 Å². The van der Waals surface area contributed by atoms with E-state index < -0.39 is 22.5 Å². The summed E-state index contributed by atoms with van der Waals surface area (Å²) in [5.41, 5.74) is 3.77. The Balaban J connectivity index is 1.99. The van der Waals surface area contributed by atoms with Crippen LogP contribution in [0.4, 0.5) is 11.4 Å². The van der Waals surface area contributed by atoms with Gasteiger partial charge in [0.25, 0.3) is 10.0 Å². The van der Waals surface area contributed by atoms with Gasteiger partial charge in [0.2, 0.25) is 5.91 Å². The number of aryl methyl sites for hydroxylation is 3. The summed E-state index contributed by atoms with van der Waals surface area (Å²) < 4.78 is 33.2. The molecule has 3 rings (SSSR count). The van der Waals surface area contributed by atoms with Crippen molar-refractivity contribution in [3.63, 3.8) is 0 Å². The second kappa shape index (κ2) is 9.63. The molecular formula is C24H25ClN2O4S. The minimum atomic E-state index is -4.04. The van der Waals surface area contributed by atoms with Crippen molar-refractivity contribution in [1.82, 2.24) is 0 Å². The van der Waals surface area contributed by atoms with Crippen molar-refractivity contribution in [1.29, 1.82) is 0 Å². The molecule has 168 valence electrons. The molecular weight excluding hydrogens is 448 g/mol. The highest BCUT2D eigenvalue weighted by Crippen LogP contribution is 2.32. The average Bonchev–Trinajstić information content (AvgIpc) is 2.71. The lowest BCUT2D eigenvalue weighted by Gasteiger charge is -2.25. The highest BCUT2D eigenvalue weighted by molar-refractivity contribution is 7.92. The Morgan fingerprint density at radius 1 is 0.938 bits per heavy atom. The lowest BCUT2D eigenvalue weighted by molar-refractivity contribution is -0.114. The van der Waals surface area contributed by atoms with Gasteiger partial charge in [-0.25, -0.2) is 8.42 Å². The van der Waals surface area contributed by atoms with Crippen LogP contribution in [0.1, 0.15) is 16.7 Å². The number of rotatable bonds is 7. The number of carbonyl (C=O) groups is 1. The van der Waals surface area contributed by atoms with E-state index in [9.17, 15) is 13.2 Å². The SMILES string of the molecule is COc1ccc(N(CC(=O)Nc2cc(C)cc(C)c2)S(=O)(=O)c2ccc(C)cc2)cc1Cl. The minimum absolute atomic E-state index is 0.0780. The number of hydrogen-bond acceptors (Lipinski definition) is 4. The van der Waals surface area contributed by atoms with Gasteiger partial charge in [0, 0.05) is 5.69 Å². The molecule has 8 heteroatoms. The topological polar surface area (TPSA) is 75.7 Å². The van der Waals surface area contributed by atoms with Crippen molar-refractivity contribution in [2.45, 2.75) is 25.7 Å². The van der Waals surface area contributed by atoms with Crippen molar-refractivity contribution in [2.24, 2.45) is 0 Å². The molecule has 0 aromatic heterocycles. The van der Waals surface area contributed by atoms with Gasteiger partial charge in [-0.3, -0.25) is 9.10 Å². The molecule has 1 amide bonds. The van der Waals surface area contributed by atoms with Crippen molar-refractivity contribution < 1.29 is 17.9 Å². The number of benzene rings is 3. The Morgan fingerprint density at radius 2 is 1.56 bits per heavy atom. The van der Waals surface area contributed by atoms with E-state index in [-0.39, 0.29) is 15.6 Å². The van der Waals surface area contributed by atoms with Gasteiger partial charge in [-0.1, -0.05) is 35.4 Å². The molecule has 3 aromatic rings. The zero-order valence-corrected chi connectivity index (χ0v) is 19.9. The van der Waals surface area contributed by atoms with E-state index in [1.54, 1.807) is 24.3 Å². The molecule has 0 saturated carbocycles. The molecule has 1 N–H and O–H groups in total. The molecule has 6 nitrogen and oxygen atoms in total. The summed E-state index contributed by atoms with van der Waals surface area (Å²) in [6.07, 6.45) is 0. The largest absolute Gasteiger partial charge is 0.495 e. The van der Waals surface area contributed by atoms with Crippen molar-refractivity contribution in [2.75, 3.05) is 23.3 Å². The van der Waals surface area contributed by atoms with Crippen LogP contribution in [0.15, 0.2) is 65.6 Å². The summed E-state index contributed by atoms with van der Waals surface area (Å²) in [6, 6.07) is 16.7. The van der Waals surface area contributed by atoms with Gasteiger partial charge in [-0.2, -0.15) is 0 Å². The fraction of sp³-hybridized carbons (Fsp3) is 0.208. The van der Waals surface area contributed by atoms with E-state index in [1.807, 2.05) is 39.0 Å². The van der Waals surface area contributed by atoms with Crippen LogP contribution in [0, 0.1) is 20.8 Å². The maximum absolute atomic E-state index is 13.5. The van der Waals surface area contributed by atoms with Crippen molar-refractivity contribution >= 4 is 38.9 Å². The third kappa shape index (κ3) is 5.41. The number of amides is 1. The second-order valence-corrected chi connectivity index (χ2v) is 9.84. The molecule has 0 radical (unpaired) electrons. The third-order valence-corrected chi connectivity index (χ3v) is 6.91. The first-order valence-electron chi connectivity index (χ1n) is 9.91. The Morgan fingerprint density at radius 3 is 2.12 bits per heavy atom. The molecule has 0 saturated heterocycles. The number of carbonyl (C=O) groups excluding carboxylic acids is 1. The minimum Gasteiger partial charge on any atom is -0.495 e. The number of hydrogen-bond donors (Lipinski definition) is 1. The van der Waals surface area contributed by atoms with Crippen LogP contribution < -0.4 is 14.4 Å². The molecule has 3 aromatic carbocycles. The number of nitrogens with one attached hydrogen (secondary N) is 1. The van der Waals surface area contributed by atoms with E-state index in [4.69, 9.17) is 16.3 Å². The summed E-state index contributed by atoms with van der Waals surface area (Å²) in [5.74, 6) is -0.0691. The first-order chi connectivity index (χ1) is 15.1. The standard InChI is InChI=1S/C24H25ClN2O4S/c1-16-5-8-21(9-6-16)32(29,30)27(20-7-10-23(31-4)22(25)14-20)15-24(28)26-19-12-17(2)11-18(3)13-19/h5-14H,15H2,1-4H3,(H,26,28). The normalized spacial score (nSPS) is 11.2. The van der Waals surface area contributed by atoms with Crippen LogP contribution in [0.2, 0.25) is 5.02 Å². The molecule has 0 bridgehead atoms. The number of ether oxygens (including phenoxy) is 1. The summed E-state index contributed by atoms with van der Waals surface area (Å²) in [5, 5.41) is 3.03. The lowest BCUT2D eigenvalue weighted by Crippen LogP contribution is -2.38. The number of methoxy groups -OCH3 is 1. The smallest absolute Gasteiger partial charge is 0.264 e. The predicted molar refractivity (Wildman–Crippen MR) is 128 cm³/mol. The fourth-order valence-corrected chi connectivity index (χ4v) is 5.01. The van der Waals surface area contributed by atoms with E-state index in [0.717, 1.165) is 21.0 Å². The average molecular weight is 473 g/mol. The molecule has 0 heterocycles. The van der Waals surface area contributed by atoms with Crippen LogP contribution in [0.5, 0.6) is 5.75 Å². The molecule has 0 spiro atoms. The molecule has 0 atom stereocenters. The number of sulfonamides is 1. The molecule has 0 aliphatic carbocycles. The van der Waals surface area contributed by atoms with Crippen LogP contribution in [-0.4, -0.2) is 28.0 Å². The van der Waals surface area contributed by atoms with Gasteiger partial charge < -0.3 is 10.1 Å². The lowest BCUT2D eigenvalue weighted by atomic mass is 10.1. The molecule has 0 fully saturated rings. The summed E-state index contributed by atoms with van der Waals surface area (Å²) in [4.78, 5) is 13.0. The zero-order chi connectivity index (χ0) is 23.5. The highest BCUT2D eigenvalue weighted by Gasteiger charge is 2.28. The van der Waals surface area contributed by atoms with Gasteiger partial charge in [0.05, 0.1) is 22.7 Å². The predicted octanol–water partition coefficient (Wildman–Crippen LogP) is 5.11. The Hall–Kier alpha value is -3.03. The van der Waals surface area contributed by atoms with Gasteiger partial charge >= 0.3 is 0 Å². The van der Waals surface area contributed by atoms with Crippen molar-refractivity contribution in [3.05, 3.63) is 82.4 Å². The van der Waals surface area contributed by atoms with Gasteiger partial charge in [-0.05, 0) is 74.4 Å². The second-order valence-electron chi connectivity index (χ2n) is 7.57. The van der Waals surface area contributed by atoms with Crippen molar-refractivity contribution in [3.8, 4) is 5.75 Å². The number of nitrogens with zero attached hydrogens (tertiary/aromatic N) is 1. The van der Waals surface area contributed by atoms with Gasteiger partial charge in [-0.15, -0.1) is 0 Å². The fourth-order valence-electron chi connectivity index (χ4n) is 3.34. The van der Waals surface area contributed by atoms with E-state index in [0.29, 0.717) is 11.4 Å². The van der Waals surface area contributed by atoms with Crippen LogP contribution in [-0.2, 0) is 14.8 Å². The summed E-state index contributed by atoms with van der Waals surface area (Å²) in [6.45, 7) is 5.30. The Bertz CT molecular complexity index is 1220. The maximum Gasteiger partial charge on any atom is 0.264 e. The molecule has 32 heavy (non-hydrogen) atoms. The van der Waals surface area contributed by atoms with E-state index >= 15 is 0 Å². The zero-order valence-electron chi connectivity index (χ0n) is 18.3. The van der Waals surface area contributed by atoms with Crippen LogP contribution >= 0.6 is 11.6 Å². The maximum atomic E-state index is 13.5. The first kappa shape index (κ1) is 23.6. The third-order valence-electron chi connectivity index (χ3n) is 4.82. The highest BCUT2D eigenvalue weighted by atomic mass is 35.5. The number of halogens is 1. The molecule has 0 unspecified atom stereocenters. The quantitative estimate of drug-likeness (QED) is 0.518. The Kier molecular flexibility index (Phi) is 7.11. The molecule has 0 aliphatic heterocycles.